The number of carbonyl (C=O) groups excluding carboxylic acids is 1. The van der Waals surface area contributed by atoms with E-state index in [2.05, 4.69) is 26.0 Å². The van der Waals surface area contributed by atoms with E-state index in [1.54, 1.807) is 24.3 Å². The predicted octanol–water partition coefficient (Wildman–Crippen LogP) is 2.71. The molecule has 0 radical (unpaired) electrons. The average Bonchev–Trinajstić information content (AvgIpc) is 2.75. The van der Waals surface area contributed by atoms with Crippen molar-refractivity contribution in [2.24, 2.45) is 5.92 Å². The fourth-order valence-electron chi connectivity index (χ4n) is 3.29. The van der Waals surface area contributed by atoms with E-state index in [0.717, 1.165) is 8.78 Å². The highest BCUT2D eigenvalue weighted by atomic mass is 79.9. The molecule has 0 aliphatic carbocycles. The monoisotopic (exact) mass is 544 g/mol. The Labute approximate surface area is 197 Å². The van der Waals surface area contributed by atoms with Gasteiger partial charge in [-0.3, -0.25) is 9.52 Å². The molecule has 1 aliphatic rings. The Bertz CT molecular complexity index is 1170. The second-order valence-corrected chi connectivity index (χ2v) is 12.4. The Kier molecular flexibility index (Phi) is 7.61. The van der Waals surface area contributed by atoms with E-state index in [4.69, 9.17) is 0 Å². The largest absolute Gasteiger partial charge is 0.326 e. The van der Waals surface area contributed by atoms with E-state index in [0.29, 0.717) is 30.8 Å². The summed E-state index contributed by atoms with van der Waals surface area (Å²) in [4.78, 5) is 12.7. The van der Waals surface area contributed by atoms with Crippen LogP contribution in [0, 0.1) is 5.92 Å². The summed E-state index contributed by atoms with van der Waals surface area (Å²) in [5, 5.41) is 2.75. The second-order valence-electron chi connectivity index (χ2n) is 7.61. The maximum atomic E-state index is 12.7. The van der Waals surface area contributed by atoms with Crippen LogP contribution < -0.4 is 10.0 Å². The highest BCUT2D eigenvalue weighted by molar-refractivity contribution is 9.10. The van der Waals surface area contributed by atoms with Gasteiger partial charge in [0.25, 0.3) is 20.2 Å². The lowest BCUT2D eigenvalue weighted by Gasteiger charge is -2.32. The SMILES string of the molecule is CN(C)S(=O)(=O)N1CCC[C@@H](C(=O)Nc2ccc(S(=O)(=O)Nc3ccc(Br)cc3)cc2)C1. The van der Waals surface area contributed by atoms with Crippen LogP contribution in [0.5, 0.6) is 0 Å². The lowest BCUT2D eigenvalue weighted by atomic mass is 9.99. The summed E-state index contributed by atoms with van der Waals surface area (Å²) in [6, 6.07) is 12.6. The van der Waals surface area contributed by atoms with Gasteiger partial charge in [0.2, 0.25) is 5.91 Å². The molecule has 0 bridgehead atoms. The van der Waals surface area contributed by atoms with Crippen LogP contribution >= 0.6 is 15.9 Å². The lowest BCUT2D eigenvalue weighted by molar-refractivity contribution is -0.120. The minimum atomic E-state index is -3.78. The summed E-state index contributed by atoms with van der Waals surface area (Å²) in [5.41, 5.74) is 0.866. The smallest absolute Gasteiger partial charge is 0.281 e. The van der Waals surface area contributed by atoms with Crippen LogP contribution in [0.3, 0.4) is 0 Å². The fourth-order valence-corrected chi connectivity index (χ4v) is 5.80. The Morgan fingerprint density at radius 2 is 1.59 bits per heavy atom. The van der Waals surface area contributed by atoms with Gasteiger partial charge in [0, 0.05) is 43.0 Å². The zero-order valence-electron chi connectivity index (χ0n) is 17.7. The van der Waals surface area contributed by atoms with E-state index in [1.165, 1.54) is 42.7 Å². The highest BCUT2D eigenvalue weighted by Gasteiger charge is 2.33. The molecule has 1 aliphatic heterocycles. The van der Waals surface area contributed by atoms with Crippen molar-refractivity contribution < 1.29 is 21.6 Å². The molecule has 2 aromatic carbocycles. The lowest BCUT2D eigenvalue weighted by Crippen LogP contribution is -2.47. The summed E-state index contributed by atoms with van der Waals surface area (Å²) in [6.45, 7) is 0.484. The number of carbonyl (C=O) groups is 1. The Morgan fingerprint density at radius 3 is 2.19 bits per heavy atom. The van der Waals surface area contributed by atoms with Crippen LogP contribution in [0.1, 0.15) is 12.8 Å². The molecule has 1 heterocycles. The number of nitrogens with one attached hydrogen (secondary N) is 2. The molecule has 174 valence electrons. The Morgan fingerprint density at radius 1 is 1.00 bits per heavy atom. The number of benzene rings is 2. The van der Waals surface area contributed by atoms with Crippen LogP contribution in [0.15, 0.2) is 57.9 Å². The van der Waals surface area contributed by atoms with Crippen molar-refractivity contribution in [2.75, 3.05) is 37.2 Å². The van der Waals surface area contributed by atoms with Gasteiger partial charge in [0.15, 0.2) is 0 Å². The number of rotatable bonds is 7. The molecule has 1 atom stereocenters. The van der Waals surface area contributed by atoms with E-state index >= 15 is 0 Å². The zero-order valence-corrected chi connectivity index (χ0v) is 20.9. The van der Waals surface area contributed by atoms with Crippen molar-refractivity contribution in [1.82, 2.24) is 8.61 Å². The normalized spacial score (nSPS) is 17.8. The number of halogens is 1. The molecule has 0 saturated carbocycles. The summed E-state index contributed by atoms with van der Waals surface area (Å²) < 4.78 is 55.6. The predicted molar refractivity (Wildman–Crippen MR) is 127 cm³/mol. The fraction of sp³-hybridized carbons (Fsp3) is 0.350. The third-order valence-corrected chi connectivity index (χ3v) is 8.90. The molecule has 2 aromatic rings. The zero-order chi connectivity index (χ0) is 23.5. The van der Waals surface area contributed by atoms with E-state index < -0.39 is 26.2 Å². The third kappa shape index (κ3) is 5.87. The Balaban J connectivity index is 1.65. The molecule has 0 spiro atoms. The summed E-state index contributed by atoms with van der Waals surface area (Å²) in [5.74, 6) is -0.784. The van der Waals surface area contributed by atoms with Gasteiger partial charge in [0.05, 0.1) is 10.8 Å². The molecule has 12 heteroatoms. The van der Waals surface area contributed by atoms with Gasteiger partial charge < -0.3 is 5.32 Å². The van der Waals surface area contributed by atoms with E-state index in [1.807, 2.05) is 0 Å². The number of hydrogen-bond acceptors (Lipinski definition) is 5. The molecular weight excluding hydrogens is 520 g/mol. The van der Waals surface area contributed by atoms with E-state index in [-0.39, 0.29) is 17.3 Å². The molecule has 9 nitrogen and oxygen atoms in total. The topological polar surface area (TPSA) is 116 Å². The third-order valence-electron chi connectivity index (χ3n) is 5.07. The van der Waals surface area contributed by atoms with Gasteiger partial charge >= 0.3 is 0 Å². The van der Waals surface area contributed by atoms with Crippen molar-refractivity contribution in [3.05, 3.63) is 53.0 Å². The quantitative estimate of drug-likeness (QED) is 0.555. The van der Waals surface area contributed by atoms with Crippen molar-refractivity contribution in [1.29, 1.82) is 0 Å². The van der Waals surface area contributed by atoms with Gasteiger partial charge in [-0.2, -0.15) is 17.0 Å². The number of amides is 1. The molecular formula is C20H25BrN4O5S2. The number of piperidine rings is 1. The summed E-state index contributed by atoms with van der Waals surface area (Å²) in [6.07, 6.45) is 1.17. The summed E-state index contributed by atoms with van der Waals surface area (Å²) in [7, 11) is -4.44. The van der Waals surface area contributed by atoms with Crippen LogP contribution in [-0.2, 0) is 25.0 Å². The van der Waals surface area contributed by atoms with Gasteiger partial charge in [0.1, 0.15) is 0 Å². The number of hydrogen-bond donors (Lipinski definition) is 2. The van der Waals surface area contributed by atoms with Crippen LogP contribution in [0.25, 0.3) is 0 Å². The summed E-state index contributed by atoms with van der Waals surface area (Å²) >= 11 is 3.30. The molecule has 0 unspecified atom stereocenters. The minimum Gasteiger partial charge on any atom is -0.326 e. The van der Waals surface area contributed by atoms with E-state index in [9.17, 15) is 21.6 Å². The maximum Gasteiger partial charge on any atom is 0.281 e. The molecule has 3 rings (SSSR count). The molecule has 1 amide bonds. The second kappa shape index (κ2) is 9.87. The van der Waals surface area contributed by atoms with Crippen LogP contribution in [0.2, 0.25) is 0 Å². The van der Waals surface area contributed by atoms with Crippen molar-refractivity contribution >= 4 is 53.4 Å². The molecule has 1 fully saturated rings. The first-order chi connectivity index (χ1) is 15.0. The molecule has 2 N–H and O–H groups in total. The average molecular weight is 545 g/mol. The molecule has 0 aromatic heterocycles. The number of anilines is 2. The van der Waals surface area contributed by atoms with Crippen molar-refractivity contribution in [3.63, 3.8) is 0 Å². The van der Waals surface area contributed by atoms with Crippen LogP contribution in [-0.4, -0.2) is 58.5 Å². The molecule has 1 saturated heterocycles. The minimum absolute atomic E-state index is 0.0549. The number of sulfonamides is 1. The van der Waals surface area contributed by atoms with Crippen molar-refractivity contribution in [3.8, 4) is 0 Å². The maximum absolute atomic E-state index is 12.7. The van der Waals surface area contributed by atoms with Crippen LogP contribution in [0.4, 0.5) is 11.4 Å². The van der Waals surface area contributed by atoms with Gasteiger partial charge in [-0.15, -0.1) is 0 Å². The Hall–Kier alpha value is -1.99. The van der Waals surface area contributed by atoms with Gasteiger partial charge in [-0.05, 0) is 61.4 Å². The molecule has 32 heavy (non-hydrogen) atoms. The first-order valence-corrected chi connectivity index (χ1v) is 13.5. The van der Waals surface area contributed by atoms with Crippen molar-refractivity contribution in [2.45, 2.75) is 17.7 Å². The first-order valence-electron chi connectivity index (χ1n) is 9.86. The standard InChI is InChI=1S/C20H25BrN4O5S2/c1-24(2)32(29,30)25-13-3-4-15(14-25)20(26)22-17-9-11-19(12-10-17)31(27,28)23-18-7-5-16(21)6-8-18/h5-12,15,23H,3-4,13-14H2,1-2H3,(H,22,26)/t15-/m1/s1. The first kappa shape index (κ1) is 24.6. The van der Waals surface area contributed by atoms with Gasteiger partial charge in [-0.25, -0.2) is 8.42 Å². The van der Waals surface area contributed by atoms with Gasteiger partial charge in [-0.1, -0.05) is 15.9 Å². The number of nitrogens with zero attached hydrogens (tertiary/aromatic N) is 2. The highest BCUT2D eigenvalue weighted by Crippen LogP contribution is 2.23.